The van der Waals surface area contributed by atoms with E-state index in [0.717, 1.165) is 12.8 Å². The fourth-order valence-corrected chi connectivity index (χ4v) is 2.99. The van der Waals surface area contributed by atoms with E-state index in [1.807, 2.05) is 0 Å². The number of amides is 1. The molecule has 0 atom stereocenters. The highest BCUT2D eigenvalue weighted by atomic mass is 35.5. The lowest BCUT2D eigenvalue weighted by atomic mass is 9.82. The molecule has 0 unspecified atom stereocenters. The molecule has 1 saturated carbocycles. The van der Waals surface area contributed by atoms with E-state index in [1.165, 1.54) is 0 Å². The molecule has 0 heterocycles. The largest absolute Gasteiger partial charge is 0.481 e. The van der Waals surface area contributed by atoms with Crippen molar-refractivity contribution in [3.63, 3.8) is 0 Å². The van der Waals surface area contributed by atoms with Gasteiger partial charge in [-0.2, -0.15) is 0 Å². The van der Waals surface area contributed by atoms with Crippen molar-refractivity contribution in [2.45, 2.75) is 25.7 Å². The number of halogens is 2. The molecular weight excluding hydrogens is 313 g/mol. The van der Waals surface area contributed by atoms with Crippen LogP contribution in [0.4, 0.5) is 0 Å². The van der Waals surface area contributed by atoms with Gasteiger partial charge < -0.3 is 10.4 Å². The van der Waals surface area contributed by atoms with Crippen molar-refractivity contribution in [3.8, 4) is 0 Å². The van der Waals surface area contributed by atoms with Gasteiger partial charge in [-0.05, 0) is 49.8 Å². The van der Waals surface area contributed by atoms with E-state index in [2.05, 4.69) is 5.32 Å². The molecule has 0 radical (unpaired) electrons. The molecule has 2 N–H and O–H groups in total. The lowest BCUT2D eigenvalue weighted by Crippen LogP contribution is -2.32. The molecule has 1 aliphatic rings. The van der Waals surface area contributed by atoms with E-state index in [4.69, 9.17) is 28.3 Å². The van der Waals surface area contributed by atoms with Crippen LogP contribution >= 0.6 is 23.2 Å². The van der Waals surface area contributed by atoms with Crippen molar-refractivity contribution in [1.29, 1.82) is 0 Å². The highest BCUT2D eigenvalue weighted by Gasteiger charge is 2.26. The Balaban J connectivity index is 1.85. The standard InChI is InChI=1S/C15H17Cl2NO3/c16-11-5-6-13(17)12(7-11)14(19)18-8-9-1-3-10(4-2-9)15(20)21/h5-7,9-10H,1-4,8H2,(H,18,19)(H,20,21). The molecule has 1 amide bonds. The minimum absolute atomic E-state index is 0.237. The van der Waals surface area contributed by atoms with Gasteiger partial charge in [-0.1, -0.05) is 23.2 Å². The number of carboxylic acids is 1. The maximum atomic E-state index is 12.1. The molecular formula is C15H17Cl2NO3. The van der Waals surface area contributed by atoms with Gasteiger partial charge in [-0.15, -0.1) is 0 Å². The summed E-state index contributed by atoms with van der Waals surface area (Å²) in [4.78, 5) is 23.0. The second-order valence-electron chi connectivity index (χ2n) is 5.39. The quantitative estimate of drug-likeness (QED) is 0.886. The Morgan fingerprint density at radius 1 is 1.19 bits per heavy atom. The van der Waals surface area contributed by atoms with Crippen molar-refractivity contribution < 1.29 is 14.7 Å². The summed E-state index contributed by atoms with van der Waals surface area (Å²) in [5.74, 6) is -0.882. The Morgan fingerprint density at radius 2 is 1.86 bits per heavy atom. The summed E-state index contributed by atoms with van der Waals surface area (Å²) in [5, 5.41) is 12.6. The maximum absolute atomic E-state index is 12.1. The lowest BCUT2D eigenvalue weighted by molar-refractivity contribution is -0.143. The second-order valence-corrected chi connectivity index (χ2v) is 6.23. The van der Waals surface area contributed by atoms with Crippen molar-refractivity contribution in [2.24, 2.45) is 11.8 Å². The van der Waals surface area contributed by atoms with Gasteiger partial charge >= 0.3 is 5.97 Å². The molecule has 21 heavy (non-hydrogen) atoms. The van der Waals surface area contributed by atoms with Crippen molar-refractivity contribution in [2.75, 3.05) is 6.54 Å². The predicted octanol–water partition coefficient (Wildman–Crippen LogP) is 3.61. The number of benzene rings is 1. The van der Waals surface area contributed by atoms with E-state index in [1.54, 1.807) is 18.2 Å². The molecule has 4 nitrogen and oxygen atoms in total. The molecule has 6 heteroatoms. The normalized spacial score (nSPS) is 21.8. The van der Waals surface area contributed by atoms with E-state index in [-0.39, 0.29) is 11.8 Å². The number of hydrogen-bond acceptors (Lipinski definition) is 2. The molecule has 1 aromatic carbocycles. The molecule has 2 rings (SSSR count). The first-order valence-corrected chi connectivity index (χ1v) is 7.69. The average molecular weight is 330 g/mol. The lowest BCUT2D eigenvalue weighted by Gasteiger charge is -2.26. The summed E-state index contributed by atoms with van der Waals surface area (Å²) >= 11 is 11.8. The van der Waals surface area contributed by atoms with Gasteiger partial charge in [-0.25, -0.2) is 0 Å². The van der Waals surface area contributed by atoms with Crippen LogP contribution in [0.3, 0.4) is 0 Å². The number of nitrogens with one attached hydrogen (secondary N) is 1. The number of carbonyl (C=O) groups is 2. The number of carboxylic acid groups (broad SMARTS) is 1. The molecule has 1 fully saturated rings. The third kappa shape index (κ3) is 4.35. The van der Waals surface area contributed by atoms with Crippen LogP contribution < -0.4 is 5.32 Å². The van der Waals surface area contributed by atoms with Gasteiger partial charge in [-0.3, -0.25) is 9.59 Å². The van der Waals surface area contributed by atoms with Crippen LogP contribution in [0.1, 0.15) is 36.0 Å². The first kappa shape index (κ1) is 16.1. The van der Waals surface area contributed by atoms with E-state index >= 15 is 0 Å². The number of hydrogen-bond donors (Lipinski definition) is 2. The molecule has 0 aliphatic heterocycles. The van der Waals surface area contributed by atoms with Crippen molar-refractivity contribution >= 4 is 35.1 Å². The highest BCUT2D eigenvalue weighted by molar-refractivity contribution is 6.35. The fraction of sp³-hybridized carbons (Fsp3) is 0.467. The zero-order chi connectivity index (χ0) is 15.4. The SMILES string of the molecule is O=C(NCC1CCC(C(=O)O)CC1)c1cc(Cl)ccc1Cl. The zero-order valence-electron chi connectivity index (χ0n) is 11.4. The monoisotopic (exact) mass is 329 g/mol. The third-order valence-electron chi connectivity index (χ3n) is 3.92. The van der Waals surface area contributed by atoms with E-state index in [0.29, 0.717) is 40.9 Å². The first-order chi connectivity index (χ1) is 9.97. The van der Waals surface area contributed by atoms with E-state index in [9.17, 15) is 9.59 Å². The average Bonchev–Trinajstić information content (AvgIpc) is 2.47. The summed E-state index contributed by atoms with van der Waals surface area (Å²) < 4.78 is 0. The maximum Gasteiger partial charge on any atom is 0.306 e. The summed E-state index contributed by atoms with van der Waals surface area (Å²) in [6.07, 6.45) is 2.99. The van der Waals surface area contributed by atoms with Crippen LogP contribution in [0.2, 0.25) is 10.0 Å². The van der Waals surface area contributed by atoms with Crippen LogP contribution in [-0.2, 0) is 4.79 Å². The second kappa shape index (κ2) is 7.14. The topological polar surface area (TPSA) is 66.4 Å². The predicted molar refractivity (Wildman–Crippen MR) is 81.9 cm³/mol. The summed E-state index contributed by atoms with van der Waals surface area (Å²) in [6.45, 7) is 0.536. The Bertz CT molecular complexity index is 540. The van der Waals surface area contributed by atoms with Crippen LogP contribution in [0.25, 0.3) is 0 Å². The van der Waals surface area contributed by atoms with Crippen LogP contribution in [0, 0.1) is 11.8 Å². The Kier molecular flexibility index (Phi) is 5.48. The fourth-order valence-electron chi connectivity index (χ4n) is 2.62. The Hall–Kier alpha value is -1.26. The summed E-state index contributed by atoms with van der Waals surface area (Å²) in [7, 11) is 0. The minimum atomic E-state index is -0.719. The van der Waals surface area contributed by atoms with Gasteiger partial charge in [0.1, 0.15) is 0 Å². The molecule has 1 aliphatic carbocycles. The molecule has 0 spiro atoms. The molecule has 0 saturated heterocycles. The Labute approximate surface area is 133 Å². The van der Waals surface area contributed by atoms with Gasteiger partial charge in [0.25, 0.3) is 5.91 Å². The number of aliphatic carboxylic acids is 1. The van der Waals surface area contributed by atoms with Gasteiger partial charge in [0.05, 0.1) is 16.5 Å². The zero-order valence-corrected chi connectivity index (χ0v) is 13.0. The van der Waals surface area contributed by atoms with E-state index < -0.39 is 5.97 Å². The van der Waals surface area contributed by atoms with Crippen LogP contribution in [-0.4, -0.2) is 23.5 Å². The molecule has 1 aromatic rings. The smallest absolute Gasteiger partial charge is 0.306 e. The third-order valence-corrected chi connectivity index (χ3v) is 4.49. The minimum Gasteiger partial charge on any atom is -0.481 e. The van der Waals surface area contributed by atoms with Crippen molar-refractivity contribution in [1.82, 2.24) is 5.32 Å². The molecule has 0 aromatic heterocycles. The Morgan fingerprint density at radius 3 is 2.48 bits per heavy atom. The van der Waals surface area contributed by atoms with Crippen molar-refractivity contribution in [3.05, 3.63) is 33.8 Å². The number of carbonyl (C=O) groups excluding carboxylic acids is 1. The summed E-state index contributed by atoms with van der Waals surface area (Å²) in [5.41, 5.74) is 0.364. The summed E-state index contributed by atoms with van der Waals surface area (Å²) in [6, 6.07) is 4.77. The van der Waals surface area contributed by atoms with Crippen LogP contribution in [0.5, 0.6) is 0 Å². The highest BCUT2D eigenvalue weighted by Crippen LogP contribution is 2.28. The van der Waals surface area contributed by atoms with Gasteiger partial charge in [0.2, 0.25) is 0 Å². The number of rotatable bonds is 4. The molecule has 0 bridgehead atoms. The van der Waals surface area contributed by atoms with Gasteiger partial charge in [0.15, 0.2) is 0 Å². The van der Waals surface area contributed by atoms with Gasteiger partial charge in [0, 0.05) is 11.6 Å². The van der Waals surface area contributed by atoms with Crippen LogP contribution in [0.15, 0.2) is 18.2 Å². The molecule has 114 valence electrons. The first-order valence-electron chi connectivity index (χ1n) is 6.93.